The molecule has 0 radical (unpaired) electrons. The van der Waals surface area contributed by atoms with Gasteiger partial charge in [-0.1, -0.05) is 6.07 Å². The van der Waals surface area contributed by atoms with Crippen molar-refractivity contribution in [3.8, 4) is 0 Å². The molecule has 5 nitrogen and oxygen atoms in total. The fourth-order valence-corrected chi connectivity index (χ4v) is 2.73. The van der Waals surface area contributed by atoms with E-state index in [0.717, 1.165) is 24.3 Å². The Bertz CT molecular complexity index is 578. The van der Waals surface area contributed by atoms with Crippen molar-refractivity contribution in [1.29, 1.82) is 0 Å². The molecule has 0 spiro atoms. The molecule has 0 unspecified atom stereocenters. The molecule has 0 saturated carbocycles. The third-order valence-electron chi connectivity index (χ3n) is 3.55. The topological polar surface area (TPSA) is 66.6 Å². The molecule has 94 valence electrons. The lowest BCUT2D eigenvalue weighted by atomic mass is 9.95. The van der Waals surface area contributed by atoms with Crippen LogP contribution in [0.15, 0.2) is 30.6 Å². The van der Waals surface area contributed by atoms with Gasteiger partial charge in [0, 0.05) is 6.20 Å². The third kappa shape index (κ3) is 1.86. The standard InChI is InChI=1S/C13H15N3O2/c17-12(18)7-9-4-5-14-13(9)10-8-15-11-3-1-2-6-16(10)11/h1-3,6,8-9,13-14H,4-5,7H2,(H,17,18)/t9-,13+/m1/s1. The van der Waals surface area contributed by atoms with Crippen LogP contribution in [0.1, 0.15) is 24.6 Å². The summed E-state index contributed by atoms with van der Waals surface area (Å²) in [6, 6.07) is 5.94. The average molecular weight is 245 g/mol. The Morgan fingerprint density at radius 3 is 3.28 bits per heavy atom. The van der Waals surface area contributed by atoms with Crippen LogP contribution < -0.4 is 5.32 Å². The summed E-state index contributed by atoms with van der Waals surface area (Å²) in [5, 5.41) is 12.3. The molecular formula is C13H15N3O2. The number of carboxylic acids is 1. The average Bonchev–Trinajstić information content (AvgIpc) is 2.94. The van der Waals surface area contributed by atoms with E-state index in [9.17, 15) is 4.79 Å². The molecule has 1 saturated heterocycles. The maximum Gasteiger partial charge on any atom is 0.303 e. The molecule has 0 aliphatic carbocycles. The van der Waals surface area contributed by atoms with E-state index in [4.69, 9.17) is 5.11 Å². The summed E-state index contributed by atoms with van der Waals surface area (Å²) < 4.78 is 2.03. The number of hydrogen-bond acceptors (Lipinski definition) is 3. The Labute approximate surface area is 104 Å². The van der Waals surface area contributed by atoms with Crippen molar-refractivity contribution in [2.75, 3.05) is 6.54 Å². The van der Waals surface area contributed by atoms with E-state index in [0.29, 0.717) is 0 Å². The highest BCUT2D eigenvalue weighted by atomic mass is 16.4. The van der Waals surface area contributed by atoms with Gasteiger partial charge in [-0.05, 0) is 31.0 Å². The van der Waals surface area contributed by atoms with Crippen LogP contribution in [0.25, 0.3) is 5.65 Å². The molecule has 1 aliphatic rings. The van der Waals surface area contributed by atoms with E-state index in [2.05, 4.69) is 10.3 Å². The molecule has 2 atom stereocenters. The minimum Gasteiger partial charge on any atom is -0.481 e. The zero-order valence-corrected chi connectivity index (χ0v) is 9.91. The normalized spacial score (nSPS) is 23.6. The number of imidazole rings is 1. The molecule has 2 N–H and O–H groups in total. The Kier molecular flexibility index (Phi) is 2.76. The van der Waals surface area contributed by atoms with Crippen molar-refractivity contribution >= 4 is 11.6 Å². The van der Waals surface area contributed by atoms with Gasteiger partial charge < -0.3 is 14.8 Å². The van der Waals surface area contributed by atoms with Crippen LogP contribution in [0.3, 0.4) is 0 Å². The fraction of sp³-hybridized carbons (Fsp3) is 0.385. The van der Waals surface area contributed by atoms with E-state index in [1.54, 1.807) is 0 Å². The van der Waals surface area contributed by atoms with Crippen LogP contribution >= 0.6 is 0 Å². The van der Waals surface area contributed by atoms with Crippen LogP contribution in [0.4, 0.5) is 0 Å². The lowest BCUT2D eigenvalue weighted by molar-refractivity contribution is -0.138. The number of pyridine rings is 1. The zero-order chi connectivity index (χ0) is 12.5. The minimum absolute atomic E-state index is 0.0819. The Morgan fingerprint density at radius 1 is 1.56 bits per heavy atom. The van der Waals surface area contributed by atoms with Crippen LogP contribution in [-0.2, 0) is 4.79 Å². The Balaban J connectivity index is 1.96. The number of fused-ring (bicyclic) bond motifs is 1. The second kappa shape index (κ2) is 4.42. The highest BCUT2D eigenvalue weighted by Crippen LogP contribution is 2.32. The lowest BCUT2D eigenvalue weighted by Crippen LogP contribution is -2.21. The van der Waals surface area contributed by atoms with Crippen LogP contribution in [0.2, 0.25) is 0 Å². The molecular weight excluding hydrogens is 230 g/mol. The summed E-state index contributed by atoms with van der Waals surface area (Å²) in [5.74, 6) is -0.592. The summed E-state index contributed by atoms with van der Waals surface area (Å²) in [6.07, 6.45) is 4.91. The maximum atomic E-state index is 10.9. The van der Waals surface area contributed by atoms with Gasteiger partial charge in [-0.2, -0.15) is 0 Å². The molecule has 3 heterocycles. The van der Waals surface area contributed by atoms with Gasteiger partial charge >= 0.3 is 5.97 Å². The molecule has 1 aliphatic heterocycles. The predicted octanol–water partition coefficient (Wildman–Crippen LogP) is 1.46. The number of carboxylic acid groups (broad SMARTS) is 1. The van der Waals surface area contributed by atoms with Gasteiger partial charge in [0.2, 0.25) is 0 Å². The van der Waals surface area contributed by atoms with Gasteiger partial charge in [0.25, 0.3) is 0 Å². The maximum absolute atomic E-state index is 10.9. The summed E-state index contributed by atoms with van der Waals surface area (Å²) >= 11 is 0. The number of aromatic nitrogens is 2. The molecule has 5 heteroatoms. The number of aliphatic carboxylic acids is 1. The monoisotopic (exact) mass is 245 g/mol. The summed E-state index contributed by atoms with van der Waals surface area (Å²) in [4.78, 5) is 15.2. The largest absolute Gasteiger partial charge is 0.481 e. The lowest BCUT2D eigenvalue weighted by Gasteiger charge is -2.17. The molecule has 0 amide bonds. The van der Waals surface area contributed by atoms with E-state index >= 15 is 0 Å². The smallest absolute Gasteiger partial charge is 0.303 e. The number of nitrogens with zero attached hydrogens (tertiary/aromatic N) is 2. The SMILES string of the molecule is O=C(O)C[C@H]1CCN[C@@H]1c1cnc2ccccn12. The molecule has 3 rings (SSSR count). The molecule has 0 aromatic carbocycles. The molecule has 2 aromatic rings. The zero-order valence-electron chi connectivity index (χ0n) is 9.91. The fourth-order valence-electron chi connectivity index (χ4n) is 2.73. The van der Waals surface area contributed by atoms with Gasteiger partial charge in [0.1, 0.15) is 5.65 Å². The number of hydrogen-bond donors (Lipinski definition) is 2. The quantitative estimate of drug-likeness (QED) is 0.859. The van der Waals surface area contributed by atoms with Crippen molar-refractivity contribution in [3.63, 3.8) is 0 Å². The van der Waals surface area contributed by atoms with E-state index < -0.39 is 5.97 Å². The van der Waals surface area contributed by atoms with Crippen molar-refractivity contribution in [3.05, 3.63) is 36.3 Å². The van der Waals surface area contributed by atoms with Crippen LogP contribution in [-0.4, -0.2) is 27.0 Å². The van der Waals surface area contributed by atoms with Gasteiger partial charge in [0.05, 0.1) is 24.4 Å². The second-order valence-electron chi connectivity index (χ2n) is 4.69. The molecule has 18 heavy (non-hydrogen) atoms. The number of carbonyl (C=O) groups is 1. The van der Waals surface area contributed by atoms with E-state index in [1.807, 2.05) is 35.0 Å². The van der Waals surface area contributed by atoms with E-state index in [1.165, 1.54) is 0 Å². The highest BCUT2D eigenvalue weighted by molar-refractivity contribution is 5.67. The van der Waals surface area contributed by atoms with Gasteiger partial charge in [-0.15, -0.1) is 0 Å². The van der Waals surface area contributed by atoms with Crippen molar-refractivity contribution in [2.24, 2.45) is 5.92 Å². The first-order chi connectivity index (χ1) is 8.75. The minimum atomic E-state index is -0.734. The van der Waals surface area contributed by atoms with Crippen LogP contribution in [0.5, 0.6) is 0 Å². The molecule has 2 aromatic heterocycles. The summed E-state index contributed by atoms with van der Waals surface area (Å²) in [5.41, 5.74) is 1.95. The molecule has 0 bridgehead atoms. The van der Waals surface area contributed by atoms with Crippen LogP contribution in [0, 0.1) is 5.92 Å². The predicted molar refractivity (Wildman–Crippen MR) is 66.3 cm³/mol. The number of nitrogens with one attached hydrogen (secondary N) is 1. The molecule has 1 fully saturated rings. The Morgan fingerprint density at radius 2 is 2.44 bits per heavy atom. The first kappa shape index (κ1) is 11.2. The van der Waals surface area contributed by atoms with Crippen molar-refractivity contribution in [1.82, 2.24) is 14.7 Å². The van der Waals surface area contributed by atoms with Crippen molar-refractivity contribution < 1.29 is 9.90 Å². The second-order valence-corrected chi connectivity index (χ2v) is 4.69. The first-order valence-corrected chi connectivity index (χ1v) is 6.13. The highest BCUT2D eigenvalue weighted by Gasteiger charge is 2.31. The van der Waals surface area contributed by atoms with Gasteiger partial charge in [0.15, 0.2) is 0 Å². The summed E-state index contributed by atoms with van der Waals surface area (Å²) in [7, 11) is 0. The van der Waals surface area contributed by atoms with Gasteiger partial charge in [-0.3, -0.25) is 4.79 Å². The summed E-state index contributed by atoms with van der Waals surface area (Å²) in [6.45, 7) is 0.864. The van der Waals surface area contributed by atoms with E-state index in [-0.39, 0.29) is 18.4 Å². The van der Waals surface area contributed by atoms with Crippen molar-refractivity contribution in [2.45, 2.75) is 18.9 Å². The third-order valence-corrected chi connectivity index (χ3v) is 3.55. The first-order valence-electron chi connectivity index (χ1n) is 6.13. The Hall–Kier alpha value is -1.88. The van der Waals surface area contributed by atoms with Gasteiger partial charge in [-0.25, -0.2) is 4.98 Å². The number of rotatable bonds is 3.